The van der Waals surface area contributed by atoms with Gasteiger partial charge in [-0.3, -0.25) is 0 Å². The van der Waals surface area contributed by atoms with Gasteiger partial charge in [-0.2, -0.15) is 0 Å². The molecule has 1 saturated carbocycles. The summed E-state index contributed by atoms with van der Waals surface area (Å²) in [5, 5.41) is 0.568. The molecule has 1 aliphatic carbocycles. The average molecular weight is 329 g/mol. The fraction of sp³-hybridized carbons (Fsp3) is 0.444. The Balaban J connectivity index is 1.47. The summed E-state index contributed by atoms with van der Waals surface area (Å²) < 4.78 is 0. The second-order valence-corrected chi connectivity index (χ2v) is 6.88. The molecule has 0 N–H and O–H groups in total. The molecule has 2 fully saturated rings. The van der Waals surface area contributed by atoms with Crippen LogP contribution in [0, 0.1) is 6.92 Å². The highest BCUT2D eigenvalue weighted by molar-refractivity contribution is 6.29. The predicted octanol–water partition coefficient (Wildman–Crippen LogP) is 3.64. The second-order valence-electron chi connectivity index (χ2n) is 6.49. The maximum Gasteiger partial charge on any atom is 0.135 e. The van der Waals surface area contributed by atoms with Crippen LogP contribution in [0.3, 0.4) is 0 Å². The first-order chi connectivity index (χ1) is 11.2. The number of benzene rings is 1. The Bertz CT molecular complexity index is 706. The van der Waals surface area contributed by atoms with Gasteiger partial charge in [0.2, 0.25) is 0 Å². The molecule has 2 aromatic rings. The average Bonchev–Trinajstić information content (AvgIpc) is 3.39. The third-order valence-electron chi connectivity index (χ3n) is 4.61. The highest BCUT2D eigenvalue weighted by Gasteiger charge is 2.28. The topological polar surface area (TPSA) is 32.3 Å². The lowest BCUT2D eigenvalue weighted by molar-refractivity contribution is 0.644. The summed E-state index contributed by atoms with van der Waals surface area (Å²) in [5.74, 6) is 2.44. The quantitative estimate of drug-likeness (QED) is 0.805. The van der Waals surface area contributed by atoms with Crippen LogP contribution < -0.4 is 9.80 Å². The monoisotopic (exact) mass is 328 g/mol. The zero-order valence-corrected chi connectivity index (χ0v) is 14.1. The van der Waals surface area contributed by atoms with Crippen molar-refractivity contribution in [2.24, 2.45) is 0 Å². The van der Waals surface area contributed by atoms with E-state index in [0.29, 0.717) is 11.1 Å². The first-order valence-electron chi connectivity index (χ1n) is 8.30. The molecule has 1 aromatic heterocycles. The van der Waals surface area contributed by atoms with E-state index in [1.54, 1.807) is 0 Å². The molecule has 4 nitrogen and oxygen atoms in total. The number of piperazine rings is 1. The lowest BCUT2D eigenvalue weighted by Gasteiger charge is -2.37. The molecule has 4 rings (SSSR count). The van der Waals surface area contributed by atoms with E-state index in [0.717, 1.165) is 37.8 Å². The van der Waals surface area contributed by atoms with Gasteiger partial charge in [0.15, 0.2) is 0 Å². The molecule has 1 aromatic carbocycles. The third kappa shape index (κ3) is 3.27. The number of aryl methyl sites for hydroxylation is 1. The SMILES string of the molecule is Cc1cccc(N2CCN(c3cc(Cl)nc(C4CC4)n3)CC2)c1. The van der Waals surface area contributed by atoms with E-state index >= 15 is 0 Å². The molecule has 0 atom stereocenters. The molecular formula is C18H21ClN4. The summed E-state index contributed by atoms with van der Waals surface area (Å²) >= 11 is 6.19. The predicted molar refractivity (Wildman–Crippen MR) is 94.6 cm³/mol. The summed E-state index contributed by atoms with van der Waals surface area (Å²) in [6.07, 6.45) is 2.39. The fourth-order valence-corrected chi connectivity index (χ4v) is 3.31. The lowest BCUT2D eigenvalue weighted by atomic mass is 10.2. The van der Waals surface area contributed by atoms with Gasteiger partial charge in [0.25, 0.3) is 0 Å². The van der Waals surface area contributed by atoms with E-state index in [2.05, 4.69) is 46.0 Å². The van der Waals surface area contributed by atoms with Crippen LogP contribution in [-0.4, -0.2) is 36.1 Å². The number of anilines is 2. The first kappa shape index (κ1) is 14.8. The Morgan fingerprint density at radius 2 is 1.74 bits per heavy atom. The van der Waals surface area contributed by atoms with E-state index < -0.39 is 0 Å². The molecule has 2 heterocycles. The van der Waals surface area contributed by atoms with Gasteiger partial charge < -0.3 is 9.80 Å². The Kier molecular flexibility index (Phi) is 3.85. The molecule has 0 spiro atoms. The van der Waals surface area contributed by atoms with Crippen molar-refractivity contribution >= 4 is 23.1 Å². The molecule has 0 bridgehead atoms. The highest BCUT2D eigenvalue weighted by Crippen LogP contribution is 2.39. The normalized spacial score (nSPS) is 18.3. The molecule has 1 saturated heterocycles. The Morgan fingerprint density at radius 3 is 2.43 bits per heavy atom. The van der Waals surface area contributed by atoms with Gasteiger partial charge in [0.05, 0.1) is 0 Å². The van der Waals surface area contributed by atoms with Crippen molar-refractivity contribution in [2.45, 2.75) is 25.7 Å². The van der Waals surface area contributed by atoms with Gasteiger partial charge in [0, 0.05) is 43.9 Å². The van der Waals surface area contributed by atoms with Gasteiger partial charge in [-0.05, 0) is 37.5 Å². The summed E-state index contributed by atoms with van der Waals surface area (Å²) in [6.45, 7) is 6.08. The van der Waals surface area contributed by atoms with Gasteiger partial charge in [-0.25, -0.2) is 9.97 Å². The summed E-state index contributed by atoms with van der Waals surface area (Å²) in [4.78, 5) is 13.9. The van der Waals surface area contributed by atoms with E-state index in [-0.39, 0.29) is 0 Å². The van der Waals surface area contributed by atoms with Crippen LogP contribution in [0.4, 0.5) is 11.5 Å². The minimum Gasteiger partial charge on any atom is -0.368 e. The van der Waals surface area contributed by atoms with Crippen molar-refractivity contribution < 1.29 is 0 Å². The Morgan fingerprint density at radius 1 is 1.00 bits per heavy atom. The largest absolute Gasteiger partial charge is 0.368 e. The summed E-state index contributed by atoms with van der Waals surface area (Å²) in [5.41, 5.74) is 2.62. The van der Waals surface area contributed by atoms with Crippen molar-refractivity contribution in [3.8, 4) is 0 Å². The van der Waals surface area contributed by atoms with E-state index in [1.165, 1.54) is 24.1 Å². The van der Waals surface area contributed by atoms with Crippen LogP contribution >= 0.6 is 11.6 Å². The summed E-state index contributed by atoms with van der Waals surface area (Å²) in [6, 6.07) is 10.6. The molecule has 23 heavy (non-hydrogen) atoms. The van der Waals surface area contributed by atoms with E-state index in [9.17, 15) is 0 Å². The fourth-order valence-electron chi connectivity index (χ4n) is 3.13. The van der Waals surface area contributed by atoms with Crippen LogP contribution in [0.15, 0.2) is 30.3 Å². The number of halogens is 1. The van der Waals surface area contributed by atoms with E-state index in [4.69, 9.17) is 16.6 Å². The molecular weight excluding hydrogens is 308 g/mol. The number of rotatable bonds is 3. The number of hydrogen-bond donors (Lipinski definition) is 0. The molecule has 120 valence electrons. The van der Waals surface area contributed by atoms with Crippen LogP contribution in [0.25, 0.3) is 0 Å². The number of aromatic nitrogens is 2. The van der Waals surface area contributed by atoms with E-state index in [1.807, 2.05) is 6.07 Å². The number of nitrogens with zero attached hydrogens (tertiary/aromatic N) is 4. The first-order valence-corrected chi connectivity index (χ1v) is 8.68. The Hall–Kier alpha value is -1.81. The van der Waals surface area contributed by atoms with Gasteiger partial charge in [-0.1, -0.05) is 23.7 Å². The maximum absolute atomic E-state index is 6.19. The highest BCUT2D eigenvalue weighted by atomic mass is 35.5. The molecule has 0 amide bonds. The molecule has 0 radical (unpaired) electrons. The molecule has 1 aliphatic heterocycles. The second kappa shape index (κ2) is 6.00. The lowest BCUT2D eigenvalue weighted by Crippen LogP contribution is -2.47. The van der Waals surface area contributed by atoms with Crippen molar-refractivity contribution in [3.05, 3.63) is 46.9 Å². The zero-order valence-electron chi connectivity index (χ0n) is 13.4. The van der Waals surface area contributed by atoms with Crippen LogP contribution in [0.1, 0.15) is 30.1 Å². The van der Waals surface area contributed by atoms with Crippen molar-refractivity contribution in [2.75, 3.05) is 36.0 Å². The van der Waals surface area contributed by atoms with Gasteiger partial charge >= 0.3 is 0 Å². The van der Waals surface area contributed by atoms with Crippen molar-refractivity contribution in [1.82, 2.24) is 9.97 Å². The Labute approximate surface area is 142 Å². The van der Waals surface area contributed by atoms with Crippen LogP contribution in [0.5, 0.6) is 0 Å². The number of hydrogen-bond acceptors (Lipinski definition) is 4. The molecule has 5 heteroatoms. The van der Waals surface area contributed by atoms with Crippen molar-refractivity contribution in [3.63, 3.8) is 0 Å². The maximum atomic E-state index is 6.19. The minimum absolute atomic E-state index is 0.529. The van der Waals surface area contributed by atoms with Crippen molar-refractivity contribution in [1.29, 1.82) is 0 Å². The van der Waals surface area contributed by atoms with Gasteiger partial charge in [-0.15, -0.1) is 0 Å². The zero-order chi connectivity index (χ0) is 15.8. The van der Waals surface area contributed by atoms with Crippen LogP contribution in [-0.2, 0) is 0 Å². The van der Waals surface area contributed by atoms with Crippen LogP contribution in [0.2, 0.25) is 5.15 Å². The minimum atomic E-state index is 0.529. The standard InChI is InChI=1S/C18H21ClN4/c1-13-3-2-4-15(11-13)22-7-9-23(10-8-22)17-12-16(19)20-18(21-17)14-5-6-14/h2-4,11-12,14H,5-10H2,1H3. The van der Waals surface area contributed by atoms with Gasteiger partial charge in [0.1, 0.15) is 16.8 Å². The summed E-state index contributed by atoms with van der Waals surface area (Å²) in [7, 11) is 0. The molecule has 2 aliphatic rings. The third-order valence-corrected chi connectivity index (χ3v) is 4.81. The molecule has 0 unspecified atom stereocenters. The smallest absolute Gasteiger partial charge is 0.135 e.